The molecule has 3 nitrogen and oxygen atoms in total. The molecule has 0 atom stereocenters. The maximum Gasteiger partial charge on any atom is 0.248 e. The van der Waals surface area contributed by atoms with Gasteiger partial charge in [-0.3, -0.25) is 4.79 Å². The number of primary amides is 1. The van der Waals surface area contributed by atoms with Gasteiger partial charge in [0.15, 0.2) is 4.47 Å². The number of rotatable bonds is 1. The van der Waals surface area contributed by atoms with E-state index in [1.54, 1.807) is 18.2 Å². The molecule has 0 fully saturated rings. The largest absolute Gasteiger partial charge is 0.366 e. The van der Waals surface area contributed by atoms with Crippen molar-refractivity contribution in [1.29, 1.82) is 0 Å². The smallest absolute Gasteiger partial charge is 0.248 e. The fourth-order valence-electron chi connectivity index (χ4n) is 1.05. The lowest BCUT2D eigenvalue weighted by Gasteiger charge is -1.92. The second-order valence-corrected chi connectivity index (χ2v) is 4.13. The maximum atomic E-state index is 10.8. The molecule has 13 heavy (non-hydrogen) atoms. The number of hydrogen-bond acceptors (Lipinski definition) is 3. The van der Waals surface area contributed by atoms with Crippen LogP contribution in [-0.4, -0.2) is 10.9 Å². The van der Waals surface area contributed by atoms with Gasteiger partial charge in [0.25, 0.3) is 0 Å². The van der Waals surface area contributed by atoms with Gasteiger partial charge in [-0.05, 0) is 18.2 Å². The minimum atomic E-state index is -0.453. The van der Waals surface area contributed by atoms with Gasteiger partial charge in [0.1, 0.15) is 0 Å². The highest BCUT2D eigenvalue weighted by atomic mass is 35.5. The molecule has 1 aromatic heterocycles. The standard InChI is InChI=1S/C8H5ClN2OS/c9-8-11-5-3-4(7(10)12)1-2-6(5)13-8/h1-3H,(H2,10,12). The number of hydrogen-bond donors (Lipinski definition) is 1. The Morgan fingerprint density at radius 2 is 2.31 bits per heavy atom. The summed E-state index contributed by atoms with van der Waals surface area (Å²) >= 11 is 7.08. The van der Waals surface area contributed by atoms with E-state index in [1.165, 1.54) is 11.3 Å². The fourth-order valence-corrected chi connectivity index (χ4v) is 2.06. The molecule has 1 aromatic carbocycles. The van der Waals surface area contributed by atoms with Crippen LogP contribution in [0, 0.1) is 0 Å². The summed E-state index contributed by atoms with van der Waals surface area (Å²) in [5.41, 5.74) is 6.28. The number of nitrogens with zero attached hydrogens (tertiary/aromatic N) is 1. The molecule has 66 valence electrons. The summed E-state index contributed by atoms with van der Waals surface area (Å²) < 4.78 is 1.42. The Kier molecular flexibility index (Phi) is 1.94. The van der Waals surface area contributed by atoms with Crippen LogP contribution in [0.15, 0.2) is 18.2 Å². The SMILES string of the molecule is NC(=O)c1ccc2sc(Cl)nc2c1. The zero-order chi connectivity index (χ0) is 9.42. The molecule has 0 aliphatic rings. The van der Waals surface area contributed by atoms with Crippen LogP contribution >= 0.6 is 22.9 Å². The quantitative estimate of drug-likeness (QED) is 0.787. The number of fused-ring (bicyclic) bond motifs is 1. The molecular weight excluding hydrogens is 208 g/mol. The normalized spacial score (nSPS) is 10.5. The van der Waals surface area contributed by atoms with Crippen molar-refractivity contribution >= 4 is 39.1 Å². The van der Waals surface area contributed by atoms with E-state index in [0.29, 0.717) is 15.5 Å². The first-order chi connectivity index (χ1) is 6.16. The van der Waals surface area contributed by atoms with Gasteiger partial charge >= 0.3 is 0 Å². The first kappa shape index (κ1) is 8.47. The lowest BCUT2D eigenvalue weighted by atomic mass is 10.2. The molecule has 0 radical (unpaired) electrons. The van der Waals surface area contributed by atoms with Gasteiger partial charge in [0.2, 0.25) is 5.91 Å². The molecule has 0 unspecified atom stereocenters. The Labute approximate surface area is 83.1 Å². The summed E-state index contributed by atoms with van der Waals surface area (Å²) in [6.07, 6.45) is 0. The van der Waals surface area contributed by atoms with Crippen molar-refractivity contribution < 1.29 is 4.79 Å². The van der Waals surface area contributed by atoms with Crippen LogP contribution in [0.5, 0.6) is 0 Å². The Hall–Kier alpha value is -1.13. The molecule has 2 rings (SSSR count). The molecule has 0 aliphatic heterocycles. The molecule has 1 heterocycles. The van der Waals surface area contributed by atoms with Gasteiger partial charge in [-0.25, -0.2) is 4.98 Å². The molecular formula is C8H5ClN2OS. The molecule has 0 aliphatic carbocycles. The van der Waals surface area contributed by atoms with Crippen LogP contribution in [-0.2, 0) is 0 Å². The van der Waals surface area contributed by atoms with Crippen LogP contribution in [0.4, 0.5) is 0 Å². The Morgan fingerprint density at radius 1 is 1.54 bits per heavy atom. The van der Waals surface area contributed by atoms with Gasteiger partial charge in [-0.2, -0.15) is 0 Å². The molecule has 0 saturated carbocycles. The van der Waals surface area contributed by atoms with Gasteiger partial charge in [-0.15, -0.1) is 11.3 Å². The van der Waals surface area contributed by atoms with E-state index in [9.17, 15) is 4.79 Å². The minimum absolute atomic E-state index is 0.453. The summed E-state index contributed by atoms with van der Waals surface area (Å²) in [7, 11) is 0. The van der Waals surface area contributed by atoms with E-state index in [2.05, 4.69) is 4.98 Å². The molecule has 5 heteroatoms. The van der Waals surface area contributed by atoms with E-state index in [0.717, 1.165) is 4.70 Å². The number of amides is 1. The van der Waals surface area contributed by atoms with Crippen LogP contribution < -0.4 is 5.73 Å². The van der Waals surface area contributed by atoms with Crippen molar-refractivity contribution in [3.63, 3.8) is 0 Å². The highest BCUT2D eigenvalue weighted by Gasteiger charge is 2.05. The zero-order valence-corrected chi connectivity index (χ0v) is 8.02. The first-order valence-corrected chi connectivity index (χ1v) is 4.72. The monoisotopic (exact) mass is 212 g/mol. The Morgan fingerprint density at radius 3 is 3.00 bits per heavy atom. The minimum Gasteiger partial charge on any atom is -0.366 e. The predicted molar refractivity (Wildman–Crippen MR) is 53.1 cm³/mol. The summed E-state index contributed by atoms with van der Waals surface area (Å²) in [4.78, 5) is 14.8. The number of carbonyl (C=O) groups excluding carboxylic acids is 1. The van der Waals surface area contributed by atoms with Gasteiger partial charge < -0.3 is 5.73 Å². The molecule has 2 N–H and O–H groups in total. The molecule has 1 amide bonds. The van der Waals surface area contributed by atoms with Crippen molar-refractivity contribution in [2.45, 2.75) is 0 Å². The average molecular weight is 213 g/mol. The Balaban J connectivity index is 2.67. The van der Waals surface area contributed by atoms with E-state index in [1.807, 2.05) is 0 Å². The number of halogens is 1. The number of nitrogens with two attached hydrogens (primary N) is 1. The zero-order valence-electron chi connectivity index (χ0n) is 6.45. The number of carbonyl (C=O) groups is 1. The van der Waals surface area contributed by atoms with Crippen LogP contribution in [0.3, 0.4) is 0 Å². The van der Waals surface area contributed by atoms with Crippen LogP contribution in [0.2, 0.25) is 4.47 Å². The van der Waals surface area contributed by atoms with E-state index in [4.69, 9.17) is 17.3 Å². The lowest BCUT2D eigenvalue weighted by Crippen LogP contribution is -2.10. The topological polar surface area (TPSA) is 56.0 Å². The third kappa shape index (κ3) is 1.50. The second-order valence-electron chi connectivity index (χ2n) is 2.51. The Bertz CT molecular complexity index is 480. The van der Waals surface area contributed by atoms with Crippen molar-refractivity contribution in [3.05, 3.63) is 28.2 Å². The van der Waals surface area contributed by atoms with E-state index in [-0.39, 0.29) is 0 Å². The van der Waals surface area contributed by atoms with E-state index < -0.39 is 5.91 Å². The maximum absolute atomic E-state index is 10.8. The van der Waals surface area contributed by atoms with Crippen LogP contribution in [0.1, 0.15) is 10.4 Å². The highest BCUT2D eigenvalue weighted by Crippen LogP contribution is 2.25. The highest BCUT2D eigenvalue weighted by molar-refractivity contribution is 7.22. The van der Waals surface area contributed by atoms with Crippen molar-refractivity contribution in [2.24, 2.45) is 5.73 Å². The third-order valence-corrected chi connectivity index (χ3v) is 2.79. The average Bonchev–Trinajstić information content (AvgIpc) is 2.42. The fraction of sp³-hybridized carbons (Fsp3) is 0. The van der Waals surface area contributed by atoms with Crippen molar-refractivity contribution in [1.82, 2.24) is 4.98 Å². The molecule has 0 saturated heterocycles. The molecule has 0 bridgehead atoms. The number of benzene rings is 1. The predicted octanol–water partition coefficient (Wildman–Crippen LogP) is 2.05. The van der Waals surface area contributed by atoms with Gasteiger partial charge in [0.05, 0.1) is 10.2 Å². The van der Waals surface area contributed by atoms with Gasteiger partial charge in [0, 0.05) is 5.56 Å². The van der Waals surface area contributed by atoms with E-state index >= 15 is 0 Å². The summed E-state index contributed by atoms with van der Waals surface area (Å²) in [6.45, 7) is 0. The van der Waals surface area contributed by atoms with Gasteiger partial charge in [-0.1, -0.05) is 11.6 Å². The van der Waals surface area contributed by atoms with Crippen molar-refractivity contribution in [3.8, 4) is 0 Å². The summed E-state index contributed by atoms with van der Waals surface area (Å²) in [5.74, 6) is -0.453. The number of aromatic nitrogens is 1. The lowest BCUT2D eigenvalue weighted by molar-refractivity contribution is 0.100. The third-order valence-electron chi connectivity index (χ3n) is 1.65. The number of thiazole rings is 1. The van der Waals surface area contributed by atoms with Crippen LogP contribution in [0.25, 0.3) is 10.2 Å². The molecule has 0 spiro atoms. The van der Waals surface area contributed by atoms with Crippen molar-refractivity contribution in [2.75, 3.05) is 0 Å². The second kappa shape index (κ2) is 2.97. The summed E-state index contributed by atoms with van der Waals surface area (Å²) in [6, 6.07) is 5.10. The first-order valence-electron chi connectivity index (χ1n) is 3.53. The molecule has 2 aromatic rings. The summed E-state index contributed by atoms with van der Waals surface area (Å²) in [5, 5.41) is 0.